The minimum atomic E-state index is -0.886. The molecule has 18 heavy (non-hydrogen) atoms. The molecular weight excluding hydrogens is 256 g/mol. The molecule has 94 valence electrons. The molecule has 1 aromatic carbocycles. The zero-order chi connectivity index (χ0) is 13.3. The molecule has 1 amide bonds. The highest BCUT2D eigenvalue weighted by molar-refractivity contribution is 6.32. The van der Waals surface area contributed by atoms with Crippen LogP contribution in [-0.4, -0.2) is 17.7 Å². The Morgan fingerprint density at radius 2 is 2.22 bits per heavy atom. The maximum atomic E-state index is 12.1. The minimum absolute atomic E-state index is 0.284. The molecule has 0 fully saturated rings. The summed E-state index contributed by atoms with van der Waals surface area (Å²) in [5, 5.41) is 5.86. The van der Waals surface area contributed by atoms with Gasteiger partial charge >= 0.3 is 0 Å². The molecule has 1 N–H and O–H groups in total. The van der Waals surface area contributed by atoms with Gasteiger partial charge in [-0.05, 0) is 30.5 Å². The topological polar surface area (TPSA) is 75.6 Å². The smallest absolute Gasteiger partial charge is 0.221 e. The molecule has 1 aromatic rings. The number of carbonyl (C=O) groups is 2. The van der Waals surface area contributed by atoms with Crippen molar-refractivity contribution in [3.8, 4) is 0 Å². The van der Waals surface area contributed by atoms with E-state index >= 15 is 0 Å². The summed E-state index contributed by atoms with van der Waals surface area (Å²) in [6.45, 7) is 1.35. The van der Waals surface area contributed by atoms with Gasteiger partial charge in [0.25, 0.3) is 0 Å². The summed E-state index contributed by atoms with van der Waals surface area (Å²) >= 11 is 6.03. The standard InChI is InChI=1S/C12H11ClN2O3/c1-6(16)14-9-5-3-8(13)7-2-4-10(15-18)12(17)11(7)9/h3,5,10H,2,4H2,1H3,(H,14,16). The Kier molecular flexibility index (Phi) is 3.43. The lowest BCUT2D eigenvalue weighted by molar-refractivity contribution is -0.114. The van der Waals surface area contributed by atoms with E-state index in [-0.39, 0.29) is 11.7 Å². The predicted molar refractivity (Wildman–Crippen MR) is 68.0 cm³/mol. The van der Waals surface area contributed by atoms with E-state index in [0.29, 0.717) is 34.7 Å². The second-order valence-electron chi connectivity index (χ2n) is 4.15. The third-order valence-corrected chi connectivity index (χ3v) is 3.26. The maximum absolute atomic E-state index is 12.1. The van der Waals surface area contributed by atoms with E-state index in [1.54, 1.807) is 12.1 Å². The Labute approximate surface area is 108 Å². The molecule has 1 aliphatic rings. The zero-order valence-electron chi connectivity index (χ0n) is 9.70. The van der Waals surface area contributed by atoms with Gasteiger partial charge in [0.15, 0.2) is 11.8 Å². The van der Waals surface area contributed by atoms with Crippen LogP contribution in [0.2, 0.25) is 5.02 Å². The monoisotopic (exact) mass is 266 g/mol. The van der Waals surface area contributed by atoms with Gasteiger partial charge in [-0.2, -0.15) is 4.91 Å². The maximum Gasteiger partial charge on any atom is 0.221 e. The molecular formula is C12H11ClN2O3. The molecule has 0 radical (unpaired) electrons. The normalized spacial score (nSPS) is 18.1. The first-order valence-corrected chi connectivity index (χ1v) is 5.88. The predicted octanol–water partition coefficient (Wildman–Crippen LogP) is 2.56. The fraction of sp³-hybridized carbons (Fsp3) is 0.333. The number of amides is 1. The molecule has 1 aliphatic carbocycles. The summed E-state index contributed by atoms with van der Waals surface area (Å²) in [5.74, 6) is -0.661. The lowest BCUT2D eigenvalue weighted by Gasteiger charge is -2.22. The molecule has 0 heterocycles. The van der Waals surface area contributed by atoms with E-state index in [0.717, 1.165) is 0 Å². The van der Waals surface area contributed by atoms with Gasteiger partial charge in [-0.3, -0.25) is 9.59 Å². The highest BCUT2D eigenvalue weighted by atomic mass is 35.5. The number of halogens is 1. The van der Waals surface area contributed by atoms with Crippen LogP contribution in [0.15, 0.2) is 17.3 Å². The number of Topliss-reactive ketones (excluding diaryl/α,β-unsaturated/α-hetero) is 1. The van der Waals surface area contributed by atoms with Crippen molar-refractivity contribution in [2.24, 2.45) is 5.18 Å². The summed E-state index contributed by atoms with van der Waals surface area (Å²) in [6.07, 6.45) is 0.863. The van der Waals surface area contributed by atoms with E-state index in [4.69, 9.17) is 11.6 Å². The molecule has 2 rings (SSSR count). The van der Waals surface area contributed by atoms with Crippen molar-refractivity contribution in [1.82, 2.24) is 0 Å². The molecule has 0 saturated heterocycles. The molecule has 0 saturated carbocycles. The minimum Gasteiger partial charge on any atom is -0.326 e. The van der Waals surface area contributed by atoms with Crippen molar-refractivity contribution < 1.29 is 9.59 Å². The highest BCUT2D eigenvalue weighted by Gasteiger charge is 2.32. The summed E-state index contributed by atoms with van der Waals surface area (Å²) in [6, 6.07) is 2.31. The Morgan fingerprint density at radius 1 is 1.50 bits per heavy atom. The molecule has 1 atom stereocenters. The number of benzene rings is 1. The second-order valence-corrected chi connectivity index (χ2v) is 4.56. The quantitative estimate of drug-likeness (QED) is 0.836. The van der Waals surface area contributed by atoms with Gasteiger partial charge in [-0.1, -0.05) is 16.8 Å². The average molecular weight is 267 g/mol. The number of nitrogens with one attached hydrogen (secondary N) is 1. The molecule has 5 nitrogen and oxygen atoms in total. The third-order valence-electron chi connectivity index (χ3n) is 2.91. The Bertz CT molecular complexity index is 542. The summed E-state index contributed by atoms with van der Waals surface area (Å²) < 4.78 is 0. The van der Waals surface area contributed by atoms with E-state index in [2.05, 4.69) is 10.5 Å². The van der Waals surface area contributed by atoms with Crippen LogP contribution in [0.3, 0.4) is 0 Å². The summed E-state index contributed by atoms with van der Waals surface area (Å²) in [4.78, 5) is 33.8. The largest absolute Gasteiger partial charge is 0.326 e. The molecule has 0 aromatic heterocycles. The summed E-state index contributed by atoms with van der Waals surface area (Å²) in [5.41, 5.74) is 1.38. The van der Waals surface area contributed by atoms with Gasteiger partial charge in [-0.15, -0.1) is 0 Å². The second kappa shape index (κ2) is 4.86. The average Bonchev–Trinajstić information content (AvgIpc) is 2.32. The van der Waals surface area contributed by atoms with Crippen molar-refractivity contribution in [1.29, 1.82) is 0 Å². The van der Waals surface area contributed by atoms with Crippen LogP contribution in [-0.2, 0) is 11.2 Å². The molecule has 0 bridgehead atoms. The van der Waals surface area contributed by atoms with Gasteiger partial charge < -0.3 is 5.32 Å². The fourth-order valence-corrected chi connectivity index (χ4v) is 2.37. The Balaban J connectivity index is 2.56. The van der Waals surface area contributed by atoms with Crippen molar-refractivity contribution in [2.45, 2.75) is 25.8 Å². The van der Waals surface area contributed by atoms with E-state index in [1.165, 1.54) is 6.92 Å². The molecule has 0 spiro atoms. The number of hydrogen-bond acceptors (Lipinski definition) is 4. The van der Waals surface area contributed by atoms with Gasteiger partial charge in [0.1, 0.15) is 0 Å². The van der Waals surface area contributed by atoms with Crippen LogP contribution in [0.5, 0.6) is 0 Å². The Hall–Kier alpha value is -1.75. The van der Waals surface area contributed by atoms with Crippen LogP contribution in [0.1, 0.15) is 29.3 Å². The van der Waals surface area contributed by atoms with Gasteiger partial charge in [0.05, 0.1) is 5.69 Å². The van der Waals surface area contributed by atoms with Crippen LogP contribution in [0.4, 0.5) is 5.69 Å². The first-order chi connectivity index (χ1) is 8.54. The van der Waals surface area contributed by atoms with Crippen molar-refractivity contribution in [3.63, 3.8) is 0 Å². The van der Waals surface area contributed by atoms with Gasteiger partial charge in [0.2, 0.25) is 5.91 Å². The number of ketones is 1. The third kappa shape index (κ3) is 2.13. The Morgan fingerprint density at radius 3 is 2.83 bits per heavy atom. The number of anilines is 1. The number of rotatable bonds is 2. The lowest BCUT2D eigenvalue weighted by Crippen LogP contribution is -2.27. The van der Waals surface area contributed by atoms with Crippen molar-refractivity contribution in [2.75, 3.05) is 5.32 Å². The SMILES string of the molecule is CC(=O)Nc1ccc(Cl)c2c1C(=O)C(N=O)CC2. The number of nitrogens with zero attached hydrogens (tertiary/aromatic N) is 1. The fourth-order valence-electron chi connectivity index (χ4n) is 2.12. The lowest BCUT2D eigenvalue weighted by atomic mass is 9.86. The van der Waals surface area contributed by atoms with Crippen LogP contribution in [0.25, 0.3) is 0 Å². The number of fused-ring (bicyclic) bond motifs is 1. The number of nitroso groups, excluding NO2 is 1. The van der Waals surface area contributed by atoms with Crippen molar-refractivity contribution >= 4 is 29.0 Å². The highest BCUT2D eigenvalue weighted by Crippen LogP contribution is 2.34. The number of hydrogen-bond donors (Lipinski definition) is 1. The van der Waals surface area contributed by atoms with Crippen LogP contribution in [0, 0.1) is 4.91 Å². The first-order valence-electron chi connectivity index (χ1n) is 5.50. The molecule has 0 aliphatic heterocycles. The van der Waals surface area contributed by atoms with Gasteiger partial charge in [-0.25, -0.2) is 0 Å². The van der Waals surface area contributed by atoms with Crippen LogP contribution < -0.4 is 5.32 Å². The molecule has 1 unspecified atom stereocenters. The van der Waals surface area contributed by atoms with E-state index < -0.39 is 6.04 Å². The van der Waals surface area contributed by atoms with Crippen molar-refractivity contribution in [3.05, 3.63) is 33.2 Å². The van der Waals surface area contributed by atoms with E-state index in [9.17, 15) is 14.5 Å². The molecule has 6 heteroatoms. The van der Waals surface area contributed by atoms with E-state index in [1.807, 2.05) is 0 Å². The first kappa shape index (κ1) is 12.7. The number of carbonyl (C=O) groups excluding carboxylic acids is 2. The zero-order valence-corrected chi connectivity index (χ0v) is 10.5. The summed E-state index contributed by atoms with van der Waals surface area (Å²) in [7, 11) is 0. The van der Waals surface area contributed by atoms with Gasteiger partial charge in [0, 0.05) is 17.5 Å². The van der Waals surface area contributed by atoms with Crippen LogP contribution >= 0.6 is 11.6 Å².